The first-order valence-corrected chi connectivity index (χ1v) is 10.2. The number of rotatable bonds is 4. The molecule has 0 spiro atoms. The Kier molecular flexibility index (Phi) is 4.02. The number of nitrogens with one attached hydrogen (secondary N) is 2. The molecule has 3 heterocycles. The van der Waals surface area contributed by atoms with Crippen LogP contribution in [0, 0.1) is 17.2 Å². The Morgan fingerprint density at radius 3 is 2.79 bits per heavy atom. The average Bonchev–Trinajstić information content (AvgIpc) is 3.44. The van der Waals surface area contributed by atoms with Crippen LogP contribution in [0.5, 0.6) is 0 Å². The number of nitriles is 1. The second-order valence-corrected chi connectivity index (χ2v) is 8.50. The first-order valence-electron chi connectivity index (χ1n) is 10.2. The van der Waals surface area contributed by atoms with E-state index in [0.29, 0.717) is 25.1 Å². The van der Waals surface area contributed by atoms with Crippen LogP contribution in [-0.4, -0.2) is 54.0 Å². The minimum absolute atomic E-state index is 0.0345. The quantitative estimate of drug-likeness (QED) is 0.740. The van der Waals surface area contributed by atoms with E-state index in [1.165, 1.54) is 11.3 Å². The lowest BCUT2D eigenvalue weighted by Crippen LogP contribution is -2.54. The average molecular weight is 393 g/mol. The predicted molar refractivity (Wildman–Crippen MR) is 104 cm³/mol. The van der Waals surface area contributed by atoms with E-state index in [4.69, 9.17) is 5.26 Å². The fraction of sp³-hybridized carbons (Fsp3) is 0.524. The summed E-state index contributed by atoms with van der Waals surface area (Å²) < 4.78 is 0. The van der Waals surface area contributed by atoms with Gasteiger partial charge in [0.1, 0.15) is 5.54 Å². The molecule has 1 aromatic carbocycles. The van der Waals surface area contributed by atoms with Crippen LogP contribution in [0.3, 0.4) is 0 Å². The molecule has 29 heavy (non-hydrogen) atoms. The normalized spacial score (nSPS) is 27.8. The monoisotopic (exact) mass is 393 g/mol. The summed E-state index contributed by atoms with van der Waals surface area (Å²) in [6, 6.07) is 7.75. The smallest absolute Gasteiger partial charge is 0.322 e. The number of fused-ring (bicyclic) bond motifs is 3. The van der Waals surface area contributed by atoms with Gasteiger partial charge >= 0.3 is 6.03 Å². The second kappa shape index (κ2) is 6.48. The molecule has 1 aromatic rings. The highest BCUT2D eigenvalue weighted by molar-refractivity contribution is 6.07. The van der Waals surface area contributed by atoms with E-state index in [0.717, 1.165) is 25.8 Å². The van der Waals surface area contributed by atoms with Crippen molar-refractivity contribution in [3.63, 3.8) is 0 Å². The molecule has 8 heteroatoms. The number of anilines is 1. The number of urea groups is 1. The van der Waals surface area contributed by atoms with Gasteiger partial charge in [-0.3, -0.25) is 14.9 Å². The molecule has 4 aliphatic rings. The highest BCUT2D eigenvalue weighted by Crippen LogP contribution is 2.44. The van der Waals surface area contributed by atoms with E-state index in [2.05, 4.69) is 21.6 Å². The Balaban J connectivity index is 1.23. The molecule has 0 bridgehead atoms. The summed E-state index contributed by atoms with van der Waals surface area (Å²) in [5.74, 6) is -0.119. The molecule has 1 aliphatic carbocycles. The molecule has 8 nitrogen and oxygen atoms in total. The summed E-state index contributed by atoms with van der Waals surface area (Å²) in [6.45, 7) is 2.05. The van der Waals surface area contributed by atoms with Crippen molar-refractivity contribution < 1.29 is 14.4 Å². The van der Waals surface area contributed by atoms with Crippen LogP contribution in [0.1, 0.15) is 36.8 Å². The molecule has 2 N–H and O–H groups in total. The molecule has 1 saturated carbocycles. The Bertz CT molecular complexity index is 950. The number of amides is 4. The van der Waals surface area contributed by atoms with E-state index < -0.39 is 11.6 Å². The highest BCUT2D eigenvalue weighted by atomic mass is 16.2. The third-order valence-corrected chi connectivity index (χ3v) is 6.79. The van der Waals surface area contributed by atoms with Gasteiger partial charge in [0.2, 0.25) is 5.91 Å². The number of carbonyl (C=O) groups is 3. The molecule has 3 aliphatic heterocycles. The van der Waals surface area contributed by atoms with E-state index >= 15 is 0 Å². The number of hydrogen-bond donors (Lipinski definition) is 2. The zero-order chi connectivity index (χ0) is 20.2. The fourth-order valence-corrected chi connectivity index (χ4v) is 5.14. The summed E-state index contributed by atoms with van der Waals surface area (Å²) in [6.07, 6.45) is 3.25. The van der Waals surface area contributed by atoms with Crippen LogP contribution in [0.15, 0.2) is 18.2 Å². The Hall–Kier alpha value is -3.08. The van der Waals surface area contributed by atoms with Crippen molar-refractivity contribution in [2.45, 2.75) is 43.7 Å². The SMILES string of the molecule is N#Cc1ccc2c(c1)CC1CN(C(=O)CC[C@@]3(C4CC4)NC(=O)NC3=O)CCN21. The third kappa shape index (κ3) is 2.92. The van der Waals surface area contributed by atoms with Gasteiger partial charge in [0.05, 0.1) is 17.7 Å². The molecule has 1 unspecified atom stereocenters. The molecule has 150 valence electrons. The van der Waals surface area contributed by atoms with Crippen molar-refractivity contribution in [1.29, 1.82) is 5.26 Å². The Morgan fingerprint density at radius 1 is 1.28 bits per heavy atom. The van der Waals surface area contributed by atoms with Gasteiger partial charge in [-0.1, -0.05) is 0 Å². The predicted octanol–water partition coefficient (Wildman–Crippen LogP) is 0.900. The van der Waals surface area contributed by atoms with Crippen molar-refractivity contribution in [3.05, 3.63) is 29.3 Å². The summed E-state index contributed by atoms with van der Waals surface area (Å²) in [5, 5.41) is 14.3. The molecular weight excluding hydrogens is 370 g/mol. The van der Waals surface area contributed by atoms with Gasteiger partial charge in [0.15, 0.2) is 0 Å². The zero-order valence-electron chi connectivity index (χ0n) is 16.1. The third-order valence-electron chi connectivity index (χ3n) is 6.79. The summed E-state index contributed by atoms with van der Waals surface area (Å²) in [7, 11) is 0. The molecular formula is C21H23N5O3. The van der Waals surface area contributed by atoms with Crippen molar-refractivity contribution in [2.75, 3.05) is 24.5 Å². The molecule has 5 rings (SSSR count). The summed E-state index contributed by atoms with van der Waals surface area (Å²) in [5.41, 5.74) is 2.09. The summed E-state index contributed by atoms with van der Waals surface area (Å²) >= 11 is 0. The minimum atomic E-state index is -0.911. The number of piperazine rings is 1. The van der Waals surface area contributed by atoms with Gasteiger partial charge in [0, 0.05) is 31.7 Å². The van der Waals surface area contributed by atoms with Crippen LogP contribution in [-0.2, 0) is 16.0 Å². The first-order chi connectivity index (χ1) is 14.0. The maximum Gasteiger partial charge on any atom is 0.322 e. The lowest BCUT2D eigenvalue weighted by atomic mass is 9.87. The van der Waals surface area contributed by atoms with E-state index in [9.17, 15) is 14.4 Å². The van der Waals surface area contributed by atoms with Crippen LogP contribution in [0.4, 0.5) is 10.5 Å². The van der Waals surface area contributed by atoms with Crippen molar-refractivity contribution >= 4 is 23.5 Å². The molecule has 3 fully saturated rings. The molecule has 2 saturated heterocycles. The molecule has 0 radical (unpaired) electrons. The highest BCUT2D eigenvalue weighted by Gasteiger charge is 2.55. The van der Waals surface area contributed by atoms with E-state index in [1.54, 1.807) is 0 Å². The molecule has 4 amide bonds. The zero-order valence-corrected chi connectivity index (χ0v) is 16.1. The number of carbonyl (C=O) groups excluding carboxylic acids is 3. The van der Waals surface area contributed by atoms with Crippen LogP contribution >= 0.6 is 0 Å². The summed E-state index contributed by atoms with van der Waals surface area (Å²) in [4.78, 5) is 41.1. The topological polar surface area (TPSA) is 106 Å². The number of benzene rings is 1. The maximum absolute atomic E-state index is 12.9. The lowest BCUT2D eigenvalue weighted by molar-refractivity contribution is -0.133. The fourth-order valence-electron chi connectivity index (χ4n) is 5.14. The molecule has 0 aromatic heterocycles. The van der Waals surface area contributed by atoms with E-state index in [-0.39, 0.29) is 30.2 Å². The lowest BCUT2D eigenvalue weighted by Gasteiger charge is -2.39. The van der Waals surface area contributed by atoms with Crippen LogP contribution < -0.4 is 15.5 Å². The van der Waals surface area contributed by atoms with E-state index in [1.807, 2.05) is 23.1 Å². The van der Waals surface area contributed by atoms with Crippen molar-refractivity contribution in [3.8, 4) is 6.07 Å². The standard InChI is InChI=1S/C21H23N5O3/c22-11-13-1-4-17-14(9-13)10-16-12-25(7-8-26(16)17)18(27)5-6-21(15-2-3-15)19(28)23-20(29)24-21/h1,4,9,15-16H,2-3,5-8,10,12H2,(H2,23,24,28,29)/t16?,21-/m0/s1. The first kappa shape index (κ1) is 18.0. The Labute approximate surface area is 168 Å². The van der Waals surface area contributed by atoms with Gasteiger partial charge < -0.3 is 15.1 Å². The minimum Gasteiger partial charge on any atom is -0.364 e. The van der Waals surface area contributed by atoms with Crippen LogP contribution in [0.25, 0.3) is 0 Å². The van der Waals surface area contributed by atoms with Gasteiger partial charge in [-0.15, -0.1) is 0 Å². The number of nitrogens with zero attached hydrogens (tertiary/aromatic N) is 3. The Morgan fingerprint density at radius 2 is 2.10 bits per heavy atom. The van der Waals surface area contributed by atoms with Crippen molar-refractivity contribution in [1.82, 2.24) is 15.5 Å². The van der Waals surface area contributed by atoms with Gasteiger partial charge in [-0.2, -0.15) is 5.26 Å². The number of imide groups is 1. The number of hydrogen-bond acceptors (Lipinski definition) is 5. The van der Waals surface area contributed by atoms with Crippen molar-refractivity contribution in [2.24, 2.45) is 5.92 Å². The van der Waals surface area contributed by atoms with Crippen LogP contribution in [0.2, 0.25) is 0 Å². The second-order valence-electron chi connectivity index (χ2n) is 8.50. The largest absolute Gasteiger partial charge is 0.364 e. The maximum atomic E-state index is 12.9. The van der Waals surface area contributed by atoms with Gasteiger partial charge in [-0.05, 0) is 55.4 Å². The van der Waals surface area contributed by atoms with Gasteiger partial charge in [-0.25, -0.2) is 4.79 Å². The molecule has 2 atom stereocenters. The van der Waals surface area contributed by atoms with Gasteiger partial charge in [0.25, 0.3) is 5.91 Å².